The van der Waals surface area contributed by atoms with Crippen LogP contribution < -0.4 is 0 Å². The quantitative estimate of drug-likeness (QED) is 0.629. The number of methoxy groups -OCH3 is 1. The Balaban J connectivity index is 3.97. The first-order chi connectivity index (χ1) is 7.38. The van der Waals surface area contributed by atoms with Crippen LogP contribution >= 0.6 is 0 Å². The first kappa shape index (κ1) is 15.1. The Morgan fingerprint density at radius 1 is 1.38 bits per heavy atom. The smallest absolute Gasteiger partial charge is 0.306 e. The van der Waals surface area contributed by atoms with Crippen LogP contribution in [0.4, 0.5) is 0 Å². The third-order valence-corrected chi connectivity index (χ3v) is 3.82. The highest BCUT2D eigenvalue weighted by Gasteiger charge is 2.17. The molecule has 0 aromatic heterocycles. The van der Waals surface area contributed by atoms with E-state index < -0.39 is 10.8 Å². The van der Waals surface area contributed by atoms with Crippen LogP contribution in [0, 0.1) is 0 Å². The van der Waals surface area contributed by atoms with Crippen LogP contribution in [0.3, 0.4) is 0 Å². The fourth-order valence-electron chi connectivity index (χ4n) is 1.02. The van der Waals surface area contributed by atoms with Crippen LogP contribution in [0.1, 0.15) is 19.8 Å². The highest BCUT2D eigenvalue weighted by molar-refractivity contribution is 7.85. The molecular formula is C10H19NO4S. The van der Waals surface area contributed by atoms with Gasteiger partial charge in [-0.25, -0.2) is 0 Å². The zero-order valence-corrected chi connectivity index (χ0v) is 11.0. The van der Waals surface area contributed by atoms with Crippen molar-refractivity contribution in [2.75, 3.05) is 27.0 Å². The molecule has 0 N–H and O–H groups in total. The highest BCUT2D eigenvalue weighted by Crippen LogP contribution is 2.05. The normalized spacial score (nSPS) is 14.0. The lowest BCUT2D eigenvalue weighted by Gasteiger charge is -2.12. The maximum absolute atomic E-state index is 11.7. The lowest BCUT2D eigenvalue weighted by atomic mass is 10.3. The maximum atomic E-state index is 11.7. The average Bonchev–Trinajstić information content (AvgIpc) is 2.24. The van der Waals surface area contributed by atoms with Crippen LogP contribution in [0.2, 0.25) is 0 Å². The standard InChI is InChI=1S/C10H19NO4S/c1-8(7-10(13)15-4)16(14)6-5-9(12)11(2)3/h8H,5-7H2,1-4H3. The van der Waals surface area contributed by atoms with Gasteiger partial charge in [-0.05, 0) is 0 Å². The number of nitrogens with zero attached hydrogens (tertiary/aromatic N) is 1. The Bertz CT molecular complexity index is 278. The zero-order valence-electron chi connectivity index (χ0n) is 10.2. The molecule has 0 saturated carbocycles. The monoisotopic (exact) mass is 249 g/mol. The molecule has 2 atom stereocenters. The molecule has 0 radical (unpaired) electrons. The molecular weight excluding hydrogens is 230 g/mol. The van der Waals surface area contributed by atoms with E-state index in [1.165, 1.54) is 12.0 Å². The molecule has 6 heteroatoms. The van der Waals surface area contributed by atoms with Crippen LogP contribution in [0.25, 0.3) is 0 Å². The molecule has 0 fully saturated rings. The molecule has 0 rings (SSSR count). The minimum atomic E-state index is -1.17. The van der Waals surface area contributed by atoms with Crippen molar-refractivity contribution in [1.82, 2.24) is 4.90 Å². The van der Waals surface area contributed by atoms with E-state index in [9.17, 15) is 13.8 Å². The Morgan fingerprint density at radius 2 is 1.94 bits per heavy atom. The number of carbonyl (C=O) groups is 2. The average molecular weight is 249 g/mol. The summed E-state index contributed by atoms with van der Waals surface area (Å²) in [7, 11) is 3.44. The van der Waals surface area contributed by atoms with E-state index in [-0.39, 0.29) is 35.7 Å². The molecule has 0 saturated heterocycles. The third-order valence-electron chi connectivity index (χ3n) is 2.15. The van der Waals surface area contributed by atoms with Gasteiger partial charge < -0.3 is 9.64 Å². The van der Waals surface area contributed by atoms with Gasteiger partial charge in [-0.3, -0.25) is 13.8 Å². The Kier molecular flexibility index (Phi) is 6.96. The minimum absolute atomic E-state index is 0.0568. The number of hydrogen-bond acceptors (Lipinski definition) is 4. The summed E-state index contributed by atoms with van der Waals surface area (Å²) in [5.74, 6) is -0.145. The van der Waals surface area contributed by atoms with Crippen molar-refractivity contribution in [3.05, 3.63) is 0 Å². The zero-order chi connectivity index (χ0) is 12.7. The van der Waals surface area contributed by atoms with Gasteiger partial charge in [-0.1, -0.05) is 6.92 Å². The second-order valence-electron chi connectivity index (χ2n) is 3.71. The number of amides is 1. The van der Waals surface area contributed by atoms with Crippen molar-refractivity contribution in [2.24, 2.45) is 0 Å². The highest BCUT2D eigenvalue weighted by atomic mass is 32.2. The number of esters is 1. The van der Waals surface area contributed by atoms with E-state index in [4.69, 9.17) is 0 Å². The van der Waals surface area contributed by atoms with Crippen LogP contribution in [-0.4, -0.2) is 53.2 Å². The van der Waals surface area contributed by atoms with E-state index in [2.05, 4.69) is 4.74 Å². The summed E-state index contributed by atoms with van der Waals surface area (Å²) in [6.07, 6.45) is 0.365. The van der Waals surface area contributed by atoms with Gasteiger partial charge in [0.2, 0.25) is 5.91 Å². The summed E-state index contributed by atoms with van der Waals surface area (Å²) in [5.41, 5.74) is 0. The summed E-state index contributed by atoms with van der Waals surface area (Å²) >= 11 is 0. The molecule has 0 spiro atoms. The Morgan fingerprint density at radius 3 is 2.38 bits per heavy atom. The Hall–Kier alpha value is -0.910. The SMILES string of the molecule is COC(=O)CC(C)S(=O)CCC(=O)N(C)C. The Labute approximate surface area is 98.6 Å². The van der Waals surface area contributed by atoms with Crippen LogP contribution in [0.5, 0.6) is 0 Å². The van der Waals surface area contributed by atoms with Crippen LogP contribution in [0.15, 0.2) is 0 Å². The van der Waals surface area contributed by atoms with E-state index in [1.54, 1.807) is 21.0 Å². The van der Waals surface area contributed by atoms with Gasteiger partial charge in [-0.2, -0.15) is 0 Å². The van der Waals surface area contributed by atoms with E-state index in [1.807, 2.05) is 0 Å². The van der Waals surface area contributed by atoms with Gasteiger partial charge in [-0.15, -0.1) is 0 Å². The molecule has 0 heterocycles. The van der Waals surface area contributed by atoms with Crippen molar-refractivity contribution < 1.29 is 18.5 Å². The number of carbonyl (C=O) groups excluding carboxylic acids is 2. The number of hydrogen-bond donors (Lipinski definition) is 0. The largest absolute Gasteiger partial charge is 0.469 e. The predicted molar refractivity (Wildman–Crippen MR) is 62.4 cm³/mol. The molecule has 0 aliphatic rings. The summed E-state index contributed by atoms with van der Waals surface area (Å²) in [5, 5.41) is -0.276. The van der Waals surface area contributed by atoms with Gasteiger partial charge in [0.05, 0.1) is 13.5 Å². The van der Waals surface area contributed by atoms with Crippen molar-refractivity contribution in [2.45, 2.75) is 25.0 Å². The van der Waals surface area contributed by atoms with Gasteiger partial charge in [0.15, 0.2) is 0 Å². The number of rotatable bonds is 6. The summed E-state index contributed by atoms with van der Waals surface area (Å²) in [6, 6.07) is 0. The van der Waals surface area contributed by atoms with E-state index in [0.717, 1.165) is 0 Å². The van der Waals surface area contributed by atoms with Crippen LogP contribution in [-0.2, 0) is 25.1 Å². The maximum Gasteiger partial charge on any atom is 0.306 e. The molecule has 0 aromatic rings. The van der Waals surface area contributed by atoms with Crippen molar-refractivity contribution in [3.8, 4) is 0 Å². The second kappa shape index (κ2) is 7.38. The first-order valence-electron chi connectivity index (χ1n) is 5.02. The van der Waals surface area contributed by atoms with Crippen molar-refractivity contribution in [3.63, 3.8) is 0 Å². The lowest BCUT2D eigenvalue weighted by Crippen LogP contribution is -2.25. The number of ether oxygens (including phenoxy) is 1. The summed E-state index contributed by atoms with van der Waals surface area (Å²) in [4.78, 5) is 23.6. The molecule has 0 aromatic carbocycles. The molecule has 0 aliphatic carbocycles. The molecule has 5 nitrogen and oxygen atoms in total. The first-order valence-corrected chi connectivity index (χ1v) is 6.40. The molecule has 0 bridgehead atoms. The van der Waals surface area contributed by atoms with Gasteiger partial charge in [0.25, 0.3) is 0 Å². The summed E-state index contributed by atoms with van der Waals surface area (Å²) < 4.78 is 16.1. The van der Waals surface area contributed by atoms with E-state index in [0.29, 0.717) is 0 Å². The molecule has 94 valence electrons. The fraction of sp³-hybridized carbons (Fsp3) is 0.800. The van der Waals surface area contributed by atoms with Crippen molar-refractivity contribution >= 4 is 22.7 Å². The summed E-state index contributed by atoms with van der Waals surface area (Å²) in [6.45, 7) is 1.72. The van der Waals surface area contributed by atoms with Crippen molar-refractivity contribution in [1.29, 1.82) is 0 Å². The second-order valence-corrected chi connectivity index (χ2v) is 5.69. The van der Waals surface area contributed by atoms with E-state index >= 15 is 0 Å². The third kappa shape index (κ3) is 5.85. The molecule has 1 amide bonds. The molecule has 0 aliphatic heterocycles. The van der Waals surface area contributed by atoms with Gasteiger partial charge >= 0.3 is 5.97 Å². The molecule has 2 unspecified atom stereocenters. The fourth-order valence-corrected chi connectivity index (χ4v) is 2.12. The molecule has 16 heavy (non-hydrogen) atoms. The minimum Gasteiger partial charge on any atom is -0.469 e. The topological polar surface area (TPSA) is 63.7 Å². The van der Waals surface area contributed by atoms with Gasteiger partial charge in [0, 0.05) is 42.3 Å². The van der Waals surface area contributed by atoms with Gasteiger partial charge in [0.1, 0.15) is 0 Å². The lowest BCUT2D eigenvalue weighted by molar-refractivity contribution is -0.140. The predicted octanol–water partition coefficient (Wildman–Crippen LogP) is 0.165.